The Labute approximate surface area is 138 Å². The molecular weight excluding hydrogens is 304 g/mol. The molecule has 0 amide bonds. The Bertz CT molecular complexity index is 953. The third-order valence-electron chi connectivity index (χ3n) is 3.98. The molecule has 5 heteroatoms. The van der Waals surface area contributed by atoms with Crippen LogP contribution in [0.4, 0.5) is 0 Å². The van der Waals surface area contributed by atoms with Crippen LogP contribution in [0.1, 0.15) is 18.9 Å². The molecule has 2 aromatic heterocycles. The summed E-state index contributed by atoms with van der Waals surface area (Å²) in [6.07, 6.45) is 0. The number of rotatable bonds is 3. The molecule has 0 radical (unpaired) electrons. The predicted molar refractivity (Wildman–Crippen MR) is 93.5 cm³/mol. The minimum Gasteiger partial charge on any atom is -0.239 e. The maximum atomic E-state index is 4.84. The van der Waals surface area contributed by atoms with Gasteiger partial charge in [-0.05, 0) is 26.0 Å². The molecule has 2 heterocycles. The molecule has 0 bridgehead atoms. The number of fused-ring (bicyclic) bond motifs is 1. The summed E-state index contributed by atoms with van der Waals surface area (Å²) in [4.78, 5) is 4.84. The SMILES string of the molecule is CC(C)(c1nc(-c2ccccc2)cs1)n1nnc2ccccc21. The average Bonchev–Trinajstić information content (AvgIpc) is 3.23. The van der Waals surface area contributed by atoms with E-state index in [9.17, 15) is 0 Å². The summed E-state index contributed by atoms with van der Waals surface area (Å²) in [5.41, 5.74) is 3.71. The second-order valence-electron chi connectivity index (χ2n) is 5.95. The van der Waals surface area contributed by atoms with Crippen LogP contribution in [0, 0.1) is 0 Å². The van der Waals surface area contributed by atoms with Crippen molar-refractivity contribution < 1.29 is 0 Å². The molecule has 4 nitrogen and oxygen atoms in total. The monoisotopic (exact) mass is 320 g/mol. The van der Waals surface area contributed by atoms with Gasteiger partial charge in [0.25, 0.3) is 0 Å². The molecule has 4 aromatic rings. The fraction of sp³-hybridized carbons (Fsp3) is 0.167. The summed E-state index contributed by atoms with van der Waals surface area (Å²) < 4.78 is 1.95. The van der Waals surface area contributed by atoms with Gasteiger partial charge >= 0.3 is 0 Å². The molecule has 0 aliphatic heterocycles. The molecule has 4 rings (SSSR count). The zero-order chi connectivity index (χ0) is 15.9. The minimum atomic E-state index is -0.353. The predicted octanol–water partition coefficient (Wildman–Crippen LogP) is 4.34. The fourth-order valence-electron chi connectivity index (χ4n) is 2.67. The van der Waals surface area contributed by atoms with Crippen molar-refractivity contribution in [3.63, 3.8) is 0 Å². The van der Waals surface area contributed by atoms with Gasteiger partial charge in [-0.2, -0.15) is 0 Å². The molecule has 23 heavy (non-hydrogen) atoms. The molecule has 0 atom stereocenters. The lowest BCUT2D eigenvalue weighted by molar-refractivity contribution is 0.391. The Morgan fingerprint density at radius 1 is 0.957 bits per heavy atom. The Morgan fingerprint density at radius 2 is 1.70 bits per heavy atom. The van der Waals surface area contributed by atoms with E-state index in [-0.39, 0.29) is 5.54 Å². The Morgan fingerprint density at radius 3 is 2.52 bits per heavy atom. The highest BCUT2D eigenvalue weighted by Crippen LogP contribution is 2.32. The van der Waals surface area contributed by atoms with Crippen molar-refractivity contribution in [2.75, 3.05) is 0 Å². The number of para-hydroxylation sites is 1. The van der Waals surface area contributed by atoms with Gasteiger partial charge in [-0.25, -0.2) is 9.67 Å². The minimum absolute atomic E-state index is 0.353. The van der Waals surface area contributed by atoms with E-state index >= 15 is 0 Å². The third kappa shape index (κ3) is 2.33. The summed E-state index contributed by atoms with van der Waals surface area (Å²) >= 11 is 1.66. The summed E-state index contributed by atoms with van der Waals surface area (Å²) in [6, 6.07) is 18.3. The molecule has 0 N–H and O–H groups in total. The zero-order valence-electron chi connectivity index (χ0n) is 13.0. The second-order valence-corrected chi connectivity index (χ2v) is 6.81. The van der Waals surface area contributed by atoms with Crippen LogP contribution in [0.5, 0.6) is 0 Å². The van der Waals surface area contributed by atoms with Crippen LogP contribution < -0.4 is 0 Å². The van der Waals surface area contributed by atoms with Gasteiger partial charge in [0.2, 0.25) is 0 Å². The van der Waals surface area contributed by atoms with Crippen LogP contribution in [0.2, 0.25) is 0 Å². The smallest absolute Gasteiger partial charge is 0.121 e. The molecule has 0 fully saturated rings. The van der Waals surface area contributed by atoms with E-state index in [0.717, 1.165) is 27.3 Å². The number of hydrogen-bond donors (Lipinski definition) is 0. The lowest BCUT2D eigenvalue weighted by Crippen LogP contribution is -2.28. The van der Waals surface area contributed by atoms with E-state index < -0.39 is 0 Å². The lowest BCUT2D eigenvalue weighted by atomic mass is 10.1. The van der Waals surface area contributed by atoms with Gasteiger partial charge < -0.3 is 0 Å². The molecule has 0 spiro atoms. The average molecular weight is 320 g/mol. The number of aromatic nitrogens is 4. The summed E-state index contributed by atoms with van der Waals surface area (Å²) in [7, 11) is 0. The van der Waals surface area contributed by atoms with Crippen LogP contribution >= 0.6 is 11.3 Å². The molecule has 0 aliphatic carbocycles. The fourth-order valence-corrected chi connectivity index (χ4v) is 3.61. The van der Waals surface area contributed by atoms with Gasteiger partial charge in [0, 0.05) is 10.9 Å². The van der Waals surface area contributed by atoms with Crippen molar-refractivity contribution in [1.29, 1.82) is 0 Å². The van der Waals surface area contributed by atoms with Crippen molar-refractivity contribution in [2.24, 2.45) is 0 Å². The summed E-state index contributed by atoms with van der Waals surface area (Å²) in [5.74, 6) is 0. The molecule has 0 unspecified atom stereocenters. The Kier molecular flexibility index (Phi) is 3.23. The van der Waals surface area contributed by atoms with Gasteiger partial charge in [-0.15, -0.1) is 16.4 Å². The molecule has 114 valence electrons. The first kappa shape index (κ1) is 14.1. The standard InChI is InChI=1S/C18H16N4S/c1-18(2,22-16-11-7-6-10-14(16)20-21-22)17-19-15(12-23-17)13-8-4-3-5-9-13/h3-12H,1-2H3. The van der Waals surface area contributed by atoms with Gasteiger partial charge in [-0.1, -0.05) is 47.7 Å². The zero-order valence-corrected chi connectivity index (χ0v) is 13.8. The van der Waals surface area contributed by atoms with Crippen LogP contribution in [0.25, 0.3) is 22.3 Å². The van der Waals surface area contributed by atoms with Gasteiger partial charge in [0.1, 0.15) is 16.1 Å². The molecule has 0 aliphatic rings. The van der Waals surface area contributed by atoms with Crippen molar-refractivity contribution in [3.8, 4) is 11.3 Å². The molecule has 0 saturated carbocycles. The van der Waals surface area contributed by atoms with E-state index in [1.807, 2.05) is 47.1 Å². The highest BCUT2D eigenvalue weighted by molar-refractivity contribution is 7.10. The van der Waals surface area contributed by atoms with E-state index in [4.69, 9.17) is 4.98 Å². The van der Waals surface area contributed by atoms with Crippen LogP contribution in [-0.2, 0) is 5.54 Å². The van der Waals surface area contributed by atoms with Crippen LogP contribution in [0.3, 0.4) is 0 Å². The van der Waals surface area contributed by atoms with Gasteiger partial charge in [0.15, 0.2) is 0 Å². The van der Waals surface area contributed by atoms with E-state index in [2.05, 4.69) is 41.7 Å². The van der Waals surface area contributed by atoms with E-state index in [1.165, 1.54) is 0 Å². The summed E-state index contributed by atoms with van der Waals surface area (Å²) in [6.45, 7) is 4.25. The highest BCUT2D eigenvalue weighted by atomic mass is 32.1. The van der Waals surface area contributed by atoms with Crippen LogP contribution in [0.15, 0.2) is 60.0 Å². The maximum absolute atomic E-state index is 4.84. The van der Waals surface area contributed by atoms with Crippen molar-refractivity contribution in [2.45, 2.75) is 19.4 Å². The van der Waals surface area contributed by atoms with Gasteiger partial charge in [-0.3, -0.25) is 0 Å². The first-order valence-electron chi connectivity index (χ1n) is 7.48. The topological polar surface area (TPSA) is 43.6 Å². The highest BCUT2D eigenvalue weighted by Gasteiger charge is 2.29. The number of hydrogen-bond acceptors (Lipinski definition) is 4. The van der Waals surface area contributed by atoms with Gasteiger partial charge in [0.05, 0.1) is 11.2 Å². The number of nitrogens with zero attached hydrogens (tertiary/aromatic N) is 4. The Hall–Kier alpha value is -2.53. The summed E-state index contributed by atoms with van der Waals surface area (Å²) in [5, 5.41) is 11.7. The molecular formula is C18H16N4S. The molecule has 0 saturated heterocycles. The van der Waals surface area contributed by atoms with Crippen LogP contribution in [-0.4, -0.2) is 20.0 Å². The maximum Gasteiger partial charge on any atom is 0.121 e. The quantitative estimate of drug-likeness (QED) is 0.564. The van der Waals surface area contributed by atoms with Crippen molar-refractivity contribution >= 4 is 22.4 Å². The number of thiazole rings is 1. The van der Waals surface area contributed by atoms with E-state index in [1.54, 1.807) is 11.3 Å². The van der Waals surface area contributed by atoms with Crippen molar-refractivity contribution in [1.82, 2.24) is 20.0 Å². The second kappa shape index (κ2) is 5.28. The van der Waals surface area contributed by atoms with E-state index in [0.29, 0.717) is 0 Å². The normalized spacial score (nSPS) is 11.9. The lowest BCUT2D eigenvalue weighted by Gasteiger charge is -2.22. The largest absolute Gasteiger partial charge is 0.239 e. The third-order valence-corrected chi connectivity index (χ3v) is 5.13. The first-order chi connectivity index (χ1) is 11.2. The number of benzene rings is 2. The van der Waals surface area contributed by atoms with Crippen molar-refractivity contribution in [3.05, 3.63) is 65.0 Å². The Balaban J connectivity index is 1.79. The first-order valence-corrected chi connectivity index (χ1v) is 8.36. The molecule has 2 aromatic carbocycles.